The third-order valence-electron chi connectivity index (χ3n) is 3.50. The van der Waals surface area contributed by atoms with Gasteiger partial charge in [0.25, 0.3) is 0 Å². The van der Waals surface area contributed by atoms with Crippen LogP contribution in [0.15, 0.2) is 30.3 Å². The molecule has 1 aromatic carbocycles. The molecule has 1 aliphatic carbocycles. The predicted molar refractivity (Wildman–Crippen MR) is 87.6 cm³/mol. The van der Waals surface area contributed by atoms with Crippen molar-refractivity contribution in [3.05, 3.63) is 35.9 Å². The van der Waals surface area contributed by atoms with Gasteiger partial charge in [-0.25, -0.2) is 0 Å². The van der Waals surface area contributed by atoms with Crippen molar-refractivity contribution in [2.24, 2.45) is 0 Å². The molecule has 2 rings (SSSR count). The number of nitrogen functional groups attached to an aromatic ring is 1. The van der Waals surface area contributed by atoms with Gasteiger partial charge < -0.3 is 11.1 Å². The van der Waals surface area contributed by atoms with Crippen LogP contribution in [0.1, 0.15) is 31.7 Å². The highest BCUT2D eigenvalue weighted by atomic mass is 32.2. The highest BCUT2D eigenvalue weighted by Crippen LogP contribution is 2.29. The number of hydrogen-bond acceptors (Lipinski definition) is 3. The van der Waals surface area contributed by atoms with Crippen LogP contribution in [0.2, 0.25) is 0 Å². The first kappa shape index (κ1) is 15.0. The molecule has 4 heteroatoms. The molecule has 0 radical (unpaired) electrons. The lowest BCUT2D eigenvalue weighted by Gasteiger charge is -2.11. The number of carbonyl (C=O) groups excluding carboxylic acids is 1. The molecular weight excluding hydrogens is 268 g/mol. The summed E-state index contributed by atoms with van der Waals surface area (Å²) < 4.78 is 0. The number of hydrogen-bond donors (Lipinski definition) is 2. The summed E-state index contributed by atoms with van der Waals surface area (Å²) in [7, 11) is 0. The lowest BCUT2D eigenvalue weighted by molar-refractivity contribution is -0.117. The van der Waals surface area contributed by atoms with Crippen molar-refractivity contribution in [3.8, 4) is 0 Å². The molecule has 0 aliphatic heterocycles. The second-order valence-electron chi connectivity index (χ2n) is 5.10. The molecule has 1 saturated carbocycles. The van der Waals surface area contributed by atoms with E-state index in [9.17, 15) is 4.79 Å². The molecule has 0 saturated heterocycles. The van der Waals surface area contributed by atoms with Crippen LogP contribution in [0.5, 0.6) is 0 Å². The highest BCUT2D eigenvalue weighted by Gasteiger charge is 2.24. The molecule has 20 heavy (non-hydrogen) atoms. The molecule has 1 aromatic rings. The SMILES string of the molecule is CCSC1CCC(NC(=O)/C=C/c2ccc(N)cc2)C1. The molecule has 1 fully saturated rings. The molecular formula is C16H22N2OS. The van der Waals surface area contributed by atoms with Gasteiger partial charge in [-0.3, -0.25) is 4.79 Å². The van der Waals surface area contributed by atoms with Crippen LogP contribution in [0.25, 0.3) is 6.08 Å². The Kier molecular flexibility index (Phi) is 5.53. The molecule has 3 nitrogen and oxygen atoms in total. The van der Waals surface area contributed by atoms with E-state index < -0.39 is 0 Å². The highest BCUT2D eigenvalue weighted by molar-refractivity contribution is 7.99. The van der Waals surface area contributed by atoms with E-state index in [1.807, 2.05) is 42.1 Å². The van der Waals surface area contributed by atoms with E-state index in [2.05, 4.69) is 12.2 Å². The average molecular weight is 290 g/mol. The number of anilines is 1. The lowest BCUT2D eigenvalue weighted by atomic mass is 10.2. The van der Waals surface area contributed by atoms with Crippen molar-refractivity contribution in [2.45, 2.75) is 37.5 Å². The Morgan fingerprint density at radius 2 is 2.15 bits per heavy atom. The largest absolute Gasteiger partial charge is 0.399 e. The normalized spacial score (nSPS) is 22.2. The molecule has 1 aliphatic rings. The third kappa shape index (κ3) is 4.60. The van der Waals surface area contributed by atoms with Gasteiger partial charge >= 0.3 is 0 Å². The van der Waals surface area contributed by atoms with Crippen molar-refractivity contribution in [1.29, 1.82) is 0 Å². The van der Waals surface area contributed by atoms with E-state index in [1.165, 1.54) is 6.42 Å². The Hall–Kier alpha value is -1.42. The van der Waals surface area contributed by atoms with Crippen molar-refractivity contribution >= 4 is 29.4 Å². The number of thioether (sulfide) groups is 1. The number of rotatable bonds is 5. The summed E-state index contributed by atoms with van der Waals surface area (Å²) in [6.45, 7) is 2.19. The van der Waals surface area contributed by atoms with E-state index in [-0.39, 0.29) is 5.91 Å². The van der Waals surface area contributed by atoms with Gasteiger partial charge in [-0.1, -0.05) is 19.1 Å². The average Bonchev–Trinajstić information content (AvgIpc) is 2.86. The van der Waals surface area contributed by atoms with Gasteiger partial charge in [0.1, 0.15) is 0 Å². The maximum atomic E-state index is 11.9. The van der Waals surface area contributed by atoms with E-state index >= 15 is 0 Å². The van der Waals surface area contributed by atoms with Gasteiger partial charge in [0.05, 0.1) is 0 Å². The molecule has 3 N–H and O–H groups in total. The summed E-state index contributed by atoms with van der Waals surface area (Å²) in [5.41, 5.74) is 7.34. The minimum Gasteiger partial charge on any atom is -0.399 e. The first-order valence-electron chi connectivity index (χ1n) is 7.13. The first-order chi connectivity index (χ1) is 9.67. The van der Waals surface area contributed by atoms with Crippen molar-refractivity contribution in [2.75, 3.05) is 11.5 Å². The zero-order chi connectivity index (χ0) is 14.4. The Labute approximate surface area is 125 Å². The Morgan fingerprint density at radius 3 is 2.85 bits per heavy atom. The topological polar surface area (TPSA) is 55.1 Å². The molecule has 0 bridgehead atoms. The molecule has 2 atom stereocenters. The molecule has 1 amide bonds. The minimum absolute atomic E-state index is 0.00558. The van der Waals surface area contributed by atoms with E-state index in [0.29, 0.717) is 11.3 Å². The fourth-order valence-corrected chi connectivity index (χ4v) is 3.63. The molecule has 0 heterocycles. The summed E-state index contributed by atoms with van der Waals surface area (Å²) in [5.74, 6) is 1.15. The fraction of sp³-hybridized carbons (Fsp3) is 0.438. The second kappa shape index (κ2) is 7.39. The predicted octanol–water partition coefficient (Wildman–Crippen LogP) is 3.07. The molecule has 2 unspecified atom stereocenters. The van der Waals surface area contributed by atoms with Crippen molar-refractivity contribution < 1.29 is 4.79 Å². The monoisotopic (exact) mass is 290 g/mol. The van der Waals surface area contributed by atoms with Crippen molar-refractivity contribution in [3.63, 3.8) is 0 Å². The lowest BCUT2D eigenvalue weighted by Crippen LogP contribution is -2.31. The van der Waals surface area contributed by atoms with Gasteiger partial charge in [-0.2, -0.15) is 11.8 Å². The van der Waals surface area contributed by atoms with Crippen LogP contribution < -0.4 is 11.1 Å². The summed E-state index contributed by atoms with van der Waals surface area (Å²) in [6, 6.07) is 7.82. The van der Waals surface area contributed by atoms with Gasteiger partial charge in [0.15, 0.2) is 0 Å². The summed E-state index contributed by atoms with van der Waals surface area (Å²) >= 11 is 2.00. The zero-order valence-electron chi connectivity index (χ0n) is 11.8. The maximum absolute atomic E-state index is 11.9. The number of nitrogens with one attached hydrogen (secondary N) is 1. The second-order valence-corrected chi connectivity index (χ2v) is 6.67. The minimum atomic E-state index is -0.00558. The number of amides is 1. The fourth-order valence-electron chi connectivity index (χ4n) is 2.49. The smallest absolute Gasteiger partial charge is 0.244 e. The Balaban J connectivity index is 1.79. The summed E-state index contributed by atoms with van der Waals surface area (Å²) in [5, 5.41) is 3.80. The van der Waals surface area contributed by atoms with Gasteiger partial charge in [0.2, 0.25) is 5.91 Å². The van der Waals surface area contributed by atoms with Gasteiger partial charge in [0, 0.05) is 23.1 Å². The van der Waals surface area contributed by atoms with Crippen LogP contribution in [0.4, 0.5) is 5.69 Å². The maximum Gasteiger partial charge on any atom is 0.244 e. The zero-order valence-corrected chi connectivity index (χ0v) is 12.7. The Morgan fingerprint density at radius 1 is 1.40 bits per heavy atom. The van der Waals surface area contributed by atoms with Crippen molar-refractivity contribution in [1.82, 2.24) is 5.32 Å². The van der Waals surface area contributed by atoms with Gasteiger partial charge in [-0.05, 0) is 48.8 Å². The molecule has 0 spiro atoms. The van der Waals surface area contributed by atoms with Crippen LogP contribution in [0, 0.1) is 0 Å². The molecule has 0 aromatic heterocycles. The molecule has 108 valence electrons. The van der Waals surface area contributed by atoms with Crippen LogP contribution >= 0.6 is 11.8 Å². The summed E-state index contributed by atoms with van der Waals surface area (Å²) in [4.78, 5) is 11.9. The van der Waals surface area contributed by atoms with Crippen LogP contribution in [0.3, 0.4) is 0 Å². The first-order valence-corrected chi connectivity index (χ1v) is 8.18. The van der Waals surface area contributed by atoms with Crippen LogP contribution in [-0.4, -0.2) is 23.0 Å². The van der Waals surface area contributed by atoms with E-state index in [4.69, 9.17) is 5.73 Å². The number of benzene rings is 1. The third-order valence-corrected chi connectivity index (χ3v) is 4.73. The standard InChI is InChI=1S/C16H22N2OS/c1-2-20-15-9-8-14(11-15)18-16(19)10-5-12-3-6-13(17)7-4-12/h3-7,10,14-15H,2,8-9,11,17H2,1H3,(H,18,19)/b10-5+. The van der Waals surface area contributed by atoms with Crippen LogP contribution in [-0.2, 0) is 4.79 Å². The van der Waals surface area contributed by atoms with E-state index in [1.54, 1.807) is 6.08 Å². The quantitative estimate of drug-likeness (QED) is 0.647. The number of nitrogens with two attached hydrogens (primary N) is 1. The Bertz CT molecular complexity index is 470. The van der Waals surface area contributed by atoms with Gasteiger partial charge in [-0.15, -0.1) is 0 Å². The summed E-state index contributed by atoms with van der Waals surface area (Å²) in [6.07, 6.45) is 6.83. The number of carbonyl (C=O) groups is 1. The van der Waals surface area contributed by atoms with E-state index in [0.717, 1.165) is 29.8 Å².